The summed E-state index contributed by atoms with van der Waals surface area (Å²) in [5.41, 5.74) is 13.7. The maximum Gasteiger partial charge on any atom is 0.235 e. The van der Waals surface area contributed by atoms with Crippen molar-refractivity contribution in [2.24, 2.45) is 11.5 Å². The molecule has 1 aliphatic heterocycles. The van der Waals surface area contributed by atoms with Gasteiger partial charge in [0, 0.05) is 54.6 Å². The molecule has 4 rings (SSSR count). The number of benzene rings is 1. The minimum atomic E-state index is -1.30. The van der Waals surface area contributed by atoms with Gasteiger partial charge in [0.1, 0.15) is 11.0 Å². The molecule has 1 unspecified atom stereocenters. The number of carbonyl (C=O) groups is 1. The Morgan fingerprint density at radius 1 is 1.21 bits per heavy atom. The number of imidazole rings is 1. The van der Waals surface area contributed by atoms with Crippen molar-refractivity contribution >= 4 is 45.9 Å². The van der Waals surface area contributed by atoms with Crippen molar-refractivity contribution in [3.8, 4) is 11.3 Å². The van der Waals surface area contributed by atoms with Crippen LogP contribution < -0.4 is 11.5 Å². The smallest absolute Gasteiger partial charge is 0.235 e. The first-order chi connectivity index (χ1) is 15.7. The third-order valence-corrected chi connectivity index (χ3v) is 6.70. The van der Waals surface area contributed by atoms with Crippen LogP contribution in [0.25, 0.3) is 17.0 Å². The molecule has 1 saturated heterocycles. The summed E-state index contributed by atoms with van der Waals surface area (Å²) < 4.78 is 16.6. The van der Waals surface area contributed by atoms with Gasteiger partial charge in [-0.15, -0.1) is 13.2 Å². The molecule has 1 fully saturated rings. The maximum absolute atomic E-state index is 12.9. The van der Waals surface area contributed by atoms with Gasteiger partial charge >= 0.3 is 0 Å². The highest BCUT2D eigenvalue weighted by atomic mass is 35.5. The van der Waals surface area contributed by atoms with Crippen molar-refractivity contribution < 1.29 is 9.00 Å². The van der Waals surface area contributed by atoms with E-state index in [1.165, 1.54) is 6.92 Å². The number of hydrogen-bond donors (Lipinski definition) is 2. The lowest BCUT2D eigenvalue weighted by molar-refractivity contribution is -0.115. The van der Waals surface area contributed by atoms with Gasteiger partial charge in [-0.3, -0.25) is 9.20 Å². The number of fused-ring (bicyclic) bond motifs is 1. The van der Waals surface area contributed by atoms with Crippen LogP contribution >= 0.6 is 23.2 Å². The minimum absolute atomic E-state index is 0.297. The molecule has 1 amide bonds. The lowest BCUT2D eigenvalue weighted by atomic mass is 10.0. The van der Waals surface area contributed by atoms with Crippen LogP contribution in [-0.4, -0.2) is 41.9 Å². The monoisotopic (exact) mass is 510 g/mol. The van der Waals surface area contributed by atoms with E-state index in [-0.39, 0.29) is 5.91 Å². The number of halogens is 2. The van der Waals surface area contributed by atoms with Gasteiger partial charge in [-0.2, -0.15) is 0 Å². The van der Waals surface area contributed by atoms with Crippen LogP contribution in [-0.2, 0) is 22.3 Å². The van der Waals surface area contributed by atoms with Crippen molar-refractivity contribution in [2.75, 3.05) is 13.1 Å². The zero-order valence-electron chi connectivity index (χ0n) is 18.7. The average Bonchev–Trinajstić information content (AvgIpc) is 3.44. The summed E-state index contributed by atoms with van der Waals surface area (Å²) in [4.78, 5) is 18.3. The van der Waals surface area contributed by atoms with E-state index in [9.17, 15) is 9.00 Å². The van der Waals surface area contributed by atoms with E-state index < -0.39 is 11.0 Å². The molecule has 8 nitrogen and oxygen atoms in total. The Hall–Kier alpha value is -2.30. The molecule has 0 spiro atoms. The quantitative estimate of drug-likeness (QED) is 0.515. The Balaban J connectivity index is 0.000000582. The predicted molar refractivity (Wildman–Crippen MR) is 134 cm³/mol. The zero-order chi connectivity index (χ0) is 24.7. The molecule has 0 radical (unpaired) electrons. The van der Waals surface area contributed by atoms with Crippen LogP contribution in [0.15, 0.2) is 42.6 Å². The Morgan fingerprint density at radius 2 is 1.82 bits per heavy atom. The van der Waals surface area contributed by atoms with E-state index in [2.05, 4.69) is 28.9 Å². The molecule has 0 bridgehead atoms. The van der Waals surface area contributed by atoms with Gasteiger partial charge in [-0.05, 0) is 38.0 Å². The van der Waals surface area contributed by atoms with E-state index in [0.29, 0.717) is 27.4 Å². The van der Waals surface area contributed by atoms with Crippen LogP contribution in [0.2, 0.25) is 10.0 Å². The Kier molecular flexibility index (Phi) is 10.00. The number of primary amides is 1. The summed E-state index contributed by atoms with van der Waals surface area (Å²) in [6, 6.07) is 5.33. The Labute approximate surface area is 206 Å². The number of aromatic nitrogens is 3. The average molecular weight is 511 g/mol. The van der Waals surface area contributed by atoms with Crippen LogP contribution in [0.3, 0.4) is 0 Å². The number of carbonyl (C=O) groups excluding carboxylic acids is 1. The number of aryl methyl sites for hydroxylation is 1. The molecule has 3 heterocycles. The Bertz CT molecular complexity index is 1160. The normalized spacial score (nSPS) is 14.2. The fourth-order valence-electron chi connectivity index (χ4n) is 3.42. The highest BCUT2D eigenvalue weighted by Gasteiger charge is 2.24. The summed E-state index contributed by atoms with van der Waals surface area (Å²) in [5.74, 6) is 0.147. The fourth-order valence-corrected chi connectivity index (χ4v) is 5.12. The van der Waals surface area contributed by atoms with Gasteiger partial charge in [-0.1, -0.05) is 23.2 Å². The first-order valence-corrected chi connectivity index (χ1v) is 12.1. The first-order valence-electron chi connectivity index (χ1n) is 10.2. The van der Waals surface area contributed by atoms with Crippen LogP contribution in [0, 0.1) is 6.92 Å². The topological polar surface area (TPSA) is 120 Å². The van der Waals surface area contributed by atoms with Gasteiger partial charge in [0.15, 0.2) is 5.03 Å². The fraction of sp³-hybridized carbons (Fsp3) is 0.318. The zero-order valence-corrected chi connectivity index (χ0v) is 21.0. The standard InChI is InChI=1S/C18H19Cl2N5OS.C2H5NO.C2H4/c1-11-14(9-21)17(13-5-4-12(19)8-15(13)20)25-10-16(23-18(25)22-11)27(26)24-6-2-3-7-24;1-2(3)4;1-2/h4-5,8,10H,2-3,6-7,9,21H2,1H3;1H3,(H2,3,4);1-2H2. The minimum Gasteiger partial charge on any atom is -0.370 e. The van der Waals surface area contributed by atoms with Crippen LogP contribution in [0.5, 0.6) is 0 Å². The Morgan fingerprint density at radius 3 is 2.36 bits per heavy atom. The molecule has 1 aromatic carbocycles. The molecule has 2 aromatic heterocycles. The second-order valence-electron chi connectivity index (χ2n) is 7.10. The number of amides is 1. The molecule has 0 aliphatic carbocycles. The molecule has 4 N–H and O–H groups in total. The van der Waals surface area contributed by atoms with Crippen molar-refractivity contribution in [1.29, 1.82) is 0 Å². The first kappa shape index (κ1) is 26.9. The third kappa shape index (κ3) is 6.39. The van der Waals surface area contributed by atoms with E-state index in [0.717, 1.165) is 48.4 Å². The van der Waals surface area contributed by atoms with Crippen molar-refractivity contribution in [3.63, 3.8) is 0 Å². The molecular weight excluding hydrogens is 483 g/mol. The summed E-state index contributed by atoms with van der Waals surface area (Å²) in [5, 5.41) is 1.56. The largest absolute Gasteiger partial charge is 0.370 e. The molecule has 3 aromatic rings. The van der Waals surface area contributed by atoms with E-state index in [1.54, 1.807) is 18.3 Å². The van der Waals surface area contributed by atoms with Gasteiger partial charge in [-0.25, -0.2) is 18.5 Å². The van der Waals surface area contributed by atoms with Gasteiger partial charge in [0.25, 0.3) is 0 Å². The predicted octanol–water partition coefficient (Wildman–Crippen LogP) is 3.88. The van der Waals surface area contributed by atoms with Crippen LogP contribution in [0.4, 0.5) is 0 Å². The summed E-state index contributed by atoms with van der Waals surface area (Å²) in [6.45, 7) is 11.1. The number of nitrogens with two attached hydrogens (primary N) is 2. The second kappa shape index (κ2) is 12.2. The number of hydrogen-bond acceptors (Lipinski definition) is 5. The van der Waals surface area contributed by atoms with Crippen molar-refractivity contribution in [3.05, 3.63) is 58.9 Å². The molecule has 33 heavy (non-hydrogen) atoms. The molecular formula is C22H28Cl2N6O2S. The highest BCUT2D eigenvalue weighted by Crippen LogP contribution is 2.34. The van der Waals surface area contributed by atoms with Crippen LogP contribution in [0.1, 0.15) is 31.0 Å². The molecule has 178 valence electrons. The maximum atomic E-state index is 12.9. The van der Waals surface area contributed by atoms with Crippen molar-refractivity contribution in [2.45, 2.75) is 38.3 Å². The summed E-state index contributed by atoms with van der Waals surface area (Å²) in [6.07, 6.45) is 3.88. The number of nitrogens with zero attached hydrogens (tertiary/aromatic N) is 4. The highest BCUT2D eigenvalue weighted by molar-refractivity contribution is 7.82. The van der Waals surface area contributed by atoms with Crippen molar-refractivity contribution in [1.82, 2.24) is 18.7 Å². The van der Waals surface area contributed by atoms with Gasteiger partial charge in [0.2, 0.25) is 11.7 Å². The molecule has 0 saturated carbocycles. The van der Waals surface area contributed by atoms with E-state index in [4.69, 9.17) is 28.9 Å². The summed E-state index contributed by atoms with van der Waals surface area (Å²) in [7, 11) is -1.30. The van der Waals surface area contributed by atoms with Gasteiger partial charge < -0.3 is 11.5 Å². The van der Waals surface area contributed by atoms with E-state index in [1.807, 2.05) is 21.7 Å². The lowest BCUT2D eigenvalue weighted by Gasteiger charge is -2.14. The van der Waals surface area contributed by atoms with E-state index >= 15 is 0 Å². The molecule has 1 aliphatic rings. The molecule has 1 atom stereocenters. The number of rotatable bonds is 4. The summed E-state index contributed by atoms with van der Waals surface area (Å²) >= 11 is 12.5. The van der Waals surface area contributed by atoms with Gasteiger partial charge in [0.05, 0.1) is 10.7 Å². The second-order valence-corrected chi connectivity index (χ2v) is 9.37. The third-order valence-electron chi connectivity index (χ3n) is 4.77. The SMILES string of the molecule is C=C.CC(N)=O.Cc1nc2nc(S(=O)N3CCCC3)cn2c(-c2ccc(Cl)cc2Cl)c1CN. The molecule has 11 heteroatoms. The lowest BCUT2D eigenvalue weighted by Crippen LogP contribution is -2.22.